The summed E-state index contributed by atoms with van der Waals surface area (Å²) >= 11 is 0. The summed E-state index contributed by atoms with van der Waals surface area (Å²) in [6.07, 6.45) is 0.804. The molecule has 1 fully saturated rings. The van der Waals surface area contributed by atoms with E-state index < -0.39 is 17.5 Å². The minimum atomic E-state index is -0.914. The number of halogens is 1. The largest absolute Gasteiger partial charge is 0.480 e. The van der Waals surface area contributed by atoms with Crippen LogP contribution in [0.1, 0.15) is 34.1 Å². The van der Waals surface area contributed by atoms with Gasteiger partial charge in [0.05, 0.1) is 6.54 Å². The van der Waals surface area contributed by atoms with Crippen LogP contribution in [0.2, 0.25) is 0 Å². The smallest absolute Gasteiger partial charge is 0.325 e. The average Bonchev–Trinajstić information content (AvgIpc) is 2.53. The van der Waals surface area contributed by atoms with Crippen molar-refractivity contribution in [2.45, 2.75) is 45.7 Å². The minimum Gasteiger partial charge on any atom is -0.480 e. The van der Waals surface area contributed by atoms with Crippen LogP contribution in [0.25, 0.3) is 0 Å². The molecule has 0 radical (unpaired) electrons. The number of nitrogens with one attached hydrogen (secondary N) is 1. The molecule has 1 heterocycles. The molecule has 8 heteroatoms. The molecule has 7 nitrogen and oxygen atoms in total. The molecule has 1 aliphatic heterocycles. The number of amides is 3. The van der Waals surface area contributed by atoms with Gasteiger partial charge in [0, 0.05) is 19.1 Å². The fourth-order valence-corrected chi connectivity index (χ4v) is 2.14. The highest BCUT2D eigenvalue weighted by atomic mass is 35.5. The molecule has 1 saturated heterocycles. The van der Waals surface area contributed by atoms with Crippen LogP contribution in [0.4, 0.5) is 4.79 Å². The standard InChI is InChI=1S/C13H23N3O4.ClH/c1-5-9(2)15(8-10(17)18)6-7-16-11(19)13(3,4)14-12(16)20;/h9H,5-8H2,1-4H3,(H,14,20)(H,17,18);1H. The van der Waals surface area contributed by atoms with Gasteiger partial charge in [-0.25, -0.2) is 4.79 Å². The lowest BCUT2D eigenvalue weighted by atomic mass is 10.1. The number of imide groups is 1. The summed E-state index contributed by atoms with van der Waals surface area (Å²) in [5.74, 6) is -1.19. The highest BCUT2D eigenvalue weighted by molar-refractivity contribution is 6.06. The second-order valence-corrected chi connectivity index (χ2v) is 5.63. The van der Waals surface area contributed by atoms with Crippen molar-refractivity contribution in [3.63, 3.8) is 0 Å². The number of carboxylic acids is 1. The Kier molecular flexibility index (Phi) is 7.12. The van der Waals surface area contributed by atoms with Crippen molar-refractivity contribution < 1.29 is 19.5 Å². The molecular formula is C13H24ClN3O4. The fourth-order valence-electron chi connectivity index (χ4n) is 2.14. The summed E-state index contributed by atoms with van der Waals surface area (Å²) in [6, 6.07) is -0.334. The van der Waals surface area contributed by atoms with E-state index in [4.69, 9.17) is 5.11 Å². The number of urea groups is 1. The Balaban J connectivity index is 0.00000400. The van der Waals surface area contributed by atoms with E-state index in [-0.39, 0.29) is 37.4 Å². The van der Waals surface area contributed by atoms with Gasteiger partial charge in [-0.2, -0.15) is 0 Å². The molecule has 0 bridgehead atoms. The molecule has 1 atom stereocenters. The van der Waals surface area contributed by atoms with E-state index in [1.807, 2.05) is 13.8 Å². The zero-order valence-corrected chi connectivity index (χ0v) is 13.7. The van der Waals surface area contributed by atoms with Crippen molar-refractivity contribution >= 4 is 30.3 Å². The highest BCUT2D eigenvalue weighted by Gasteiger charge is 2.44. The number of carbonyl (C=O) groups excluding carboxylic acids is 2. The molecule has 0 aromatic rings. The van der Waals surface area contributed by atoms with Gasteiger partial charge in [-0.1, -0.05) is 6.92 Å². The molecule has 3 amide bonds. The van der Waals surface area contributed by atoms with Crippen LogP contribution < -0.4 is 5.32 Å². The fraction of sp³-hybridized carbons (Fsp3) is 0.769. The molecule has 1 unspecified atom stereocenters. The molecule has 1 rings (SSSR count). The summed E-state index contributed by atoms with van der Waals surface area (Å²) in [6.45, 7) is 7.66. The van der Waals surface area contributed by atoms with Gasteiger partial charge < -0.3 is 10.4 Å². The maximum atomic E-state index is 12.0. The minimum absolute atomic E-state index is 0. The zero-order chi connectivity index (χ0) is 15.5. The monoisotopic (exact) mass is 321 g/mol. The normalized spacial score (nSPS) is 18.4. The van der Waals surface area contributed by atoms with Crippen molar-refractivity contribution in [3.8, 4) is 0 Å². The third kappa shape index (κ3) is 4.86. The van der Waals surface area contributed by atoms with Crippen LogP contribution in [-0.2, 0) is 9.59 Å². The van der Waals surface area contributed by atoms with Crippen LogP contribution >= 0.6 is 12.4 Å². The quantitative estimate of drug-likeness (QED) is 0.681. The van der Waals surface area contributed by atoms with Crippen LogP contribution in [0.5, 0.6) is 0 Å². The lowest BCUT2D eigenvalue weighted by molar-refractivity contribution is -0.138. The van der Waals surface area contributed by atoms with E-state index in [1.165, 1.54) is 0 Å². The summed E-state index contributed by atoms with van der Waals surface area (Å²) in [5.41, 5.74) is -0.884. The number of hydrogen-bond donors (Lipinski definition) is 2. The summed E-state index contributed by atoms with van der Waals surface area (Å²) < 4.78 is 0. The Morgan fingerprint density at radius 1 is 1.43 bits per heavy atom. The van der Waals surface area contributed by atoms with E-state index in [0.29, 0.717) is 6.54 Å². The maximum absolute atomic E-state index is 12.0. The van der Waals surface area contributed by atoms with Crippen molar-refractivity contribution in [2.75, 3.05) is 19.6 Å². The Morgan fingerprint density at radius 3 is 2.38 bits per heavy atom. The molecule has 21 heavy (non-hydrogen) atoms. The number of carboxylic acid groups (broad SMARTS) is 1. The first-order valence-electron chi connectivity index (χ1n) is 6.79. The van der Waals surface area contributed by atoms with E-state index in [1.54, 1.807) is 18.7 Å². The molecule has 0 aliphatic carbocycles. The lowest BCUT2D eigenvalue weighted by Crippen LogP contribution is -2.45. The second kappa shape index (κ2) is 7.61. The summed E-state index contributed by atoms with van der Waals surface area (Å²) in [4.78, 5) is 37.5. The second-order valence-electron chi connectivity index (χ2n) is 5.63. The molecule has 122 valence electrons. The molecule has 0 saturated carbocycles. The Bertz CT molecular complexity index is 414. The van der Waals surface area contributed by atoms with Crippen molar-refractivity contribution in [1.29, 1.82) is 0 Å². The number of rotatable bonds is 7. The molecule has 0 spiro atoms. The van der Waals surface area contributed by atoms with Gasteiger partial charge in [0.1, 0.15) is 5.54 Å². The van der Waals surface area contributed by atoms with Crippen LogP contribution in [0.15, 0.2) is 0 Å². The summed E-state index contributed by atoms with van der Waals surface area (Å²) in [7, 11) is 0. The average molecular weight is 322 g/mol. The van der Waals surface area contributed by atoms with Crippen molar-refractivity contribution in [3.05, 3.63) is 0 Å². The van der Waals surface area contributed by atoms with E-state index in [9.17, 15) is 14.4 Å². The van der Waals surface area contributed by atoms with Gasteiger partial charge in [0.15, 0.2) is 0 Å². The van der Waals surface area contributed by atoms with E-state index in [2.05, 4.69) is 5.32 Å². The number of aliphatic carboxylic acids is 1. The molecule has 1 aliphatic rings. The number of nitrogens with zero attached hydrogens (tertiary/aromatic N) is 2. The van der Waals surface area contributed by atoms with Gasteiger partial charge in [-0.3, -0.25) is 19.4 Å². The third-order valence-electron chi connectivity index (χ3n) is 3.61. The lowest BCUT2D eigenvalue weighted by Gasteiger charge is -2.28. The maximum Gasteiger partial charge on any atom is 0.325 e. The predicted molar refractivity (Wildman–Crippen MR) is 80.5 cm³/mol. The van der Waals surface area contributed by atoms with Crippen molar-refractivity contribution in [2.24, 2.45) is 0 Å². The Morgan fingerprint density at radius 2 is 2.00 bits per heavy atom. The SMILES string of the molecule is CCC(C)N(CCN1C(=O)NC(C)(C)C1=O)CC(=O)O.Cl. The van der Waals surface area contributed by atoms with Gasteiger partial charge in [0.25, 0.3) is 5.91 Å². The first-order valence-corrected chi connectivity index (χ1v) is 6.79. The van der Waals surface area contributed by atoms with Gasteiger partial charge in [0.2, 0.25) is 0 Å². The molecule has 0 aromatic heterocycles. The highest BCUT2D eigenvalue weighted by Crippen LogP contribution is 2.16. The predicted octanol–water partition coefficient (Wildman–Crippen LogP) is 0.924. The summed E-state index contributed by atoms with van der Waals surface area (Å²) in [5, 5.41) is 11.5. The molecule has 2 N–H and O–H groups in total. The van der Waals surface area contributed by atoms with Gasteiger partial charge in [-0.05, 0) is 27.2 Å². The molecule has 0 aromatic carbocycles. The van der Waals surface area contributed by atoms with Gasteiger partial charge >= 0.3 is 12.0 Å². The van der Waals surface area contributed by atoms with E-state index in [0.717, 1.165) is 11.3 Å². The number of carbonyl (C=O) groups is 3. The van der Waals surface area contributed by atoms with Crippen LogP contribution in [0.3, 0.4) is 0 Å². The Labute approximate surface area is 131 Å². The van der Waals surface area contributed by atoms with Gasteiger partial charge in [-0.15, -0.1) is 12.4 Å². The Hall–Kier alpha value is -1.34. The van der Waals surface area contributed by atoms with E-state index >= 15 is 0 Å². The first kappa shape index (κ1) is 19.7. The van der Waals surface area contributed by atoms with Crippen LogP contribution in [0, 0.1) is 0 Å². The zero-order valence-electron chi connectivity index (χ0n) is 12.9. The number of hydrogen-bond acceptors (Lipinski definition) is 4. The first-order chi connectivity index (χ1) is 9.19. The third-order valence-corrected chi connectivity index (χ3v) is 3.61. The molecular weight excluding hydrogens is 298 g/mol. The van der Waals surface area contributed by atoms with Crippen LogP contribution in [-0.4, -0.2) is 64.0 Å². The van der Waals surface area contributed by atoms with Crippen molar-refractivity contribution in [1.82, 2.24) is 15.1 Å². The topological polar surface area (TPSA) is 90.0 Å².